The molecule has 1 saturated heterocycles. The Bertz CT molecular complexity index is 889. The van der Waals surface area contributed by atoms with Gasteiger partial charge >= 0.3 is 0 Å². The van der Waals surface area contributed by atoms with Gasteiger partial charge in [0.25, 0.3) is 11.5 Å². The first-order chi connectivity index (χ1) is 14.0. The van der Waals surface area contributed by atoms with Crippen molar-refractivity contribution in [1.29, 1.82) is 0 Å². The lowest BCUT2D eigenvalue weighted by molar-refractivity contribution is -0.117. The molecule has 8 heteroatoms. The van der Waals surface area contributed by atoms with Crippen LogP contribution in [-0.4, -0.2) is 52.2 Å². The van der Waals surface area contributed by atoms with E-state index >= 15 is 0 Å². The first-order valence-electron chi connectivity index (χ1n) is 10.0. The van der Waals surface area contributed by atoms with Gasteiger partial charge in [-0.1, -0.05) is 25.1 Å². The van der Waals surface area contributed by atoms with Gasteiger partial charge in [0.05, 0.1) is 6.54 Å². The number of hydrogen-bond donors (Lipinski definition) is 2. The predicted octanol–water partition coefficient (Wildman–Crippen LogP) is 1.49. The molecule has 2 heterocycles. The number of aromatic nitrogens is 2. The molecule has 2 aromatic rings. The second-order valence-corrected chi connectivity index (χ2v) is 7.22. The van der Waals surface area contributed by atoms with E-state index < -0.39 is 0 Å². The van der Waals surface area contributed by atoms with Gasteiger partial charge < -0.3 is 10.6 Å². The van der Waals surface area contributed by atoms with Gasteiger partial charge in [-0.05, 0) is 37.5 Å². The van der Waals surface area contributed by atoms with E-state index in [2.05, 4.69) is 20.6 Å². The molecule has 0 radical (unpaired) electrons. The van der Waals surface area contributed by atoms with Gasteiger partial charge in [0.1, 0.15) is 5.69 Å². The first-order valence-corrected chi connectivity index (χ1v) is 10.0. The molecular formula is C21H27N5O3. The van der Waals surface area contributed by atoms with Gasteiger partial charge in [0.15, 0.2) is 0 Å². The average molecular weight is 397 g/mol. The van der Waals surface area contributed by atoms with Crippen LogP contribution in [0.15, 0.2) is 47.3 Å². The molecule has 2 amide bonds. The fourth-order valence-corrected chi connectivity index (χ4v) is 3.36. The Morgan fingerprint density at radius 3 is 2.52 bits per heavy atom. The van der Waals surface area contributed by atoms with Crippen molar-refractivity contribution in [3.8, 4) is 0 Å². The van der Waals surface area contributed by atoms with Crippen molar-refractivity contribution in [2.24, 2.45) is 0 Å². The van der Waals surface area contributed by atoms with Crippen LogP contribution < -0.4 is 16.2 Å². The highest BCUT2D eigenvalue weighted by atomic mass is 16.2. The number of anilines is 1. The second-order valence-electron chi connectivity index (χ2n) is 7.22. The molecule has 0 aliphatic carbocycles. The molecule has 2 N–H and O–H groups in total. The second kappa shape index (κ2) is 9.97. The summed E-state index contributed by atoms with van der Waals surface area (Å²) in [6.07, 6.45) is 2.30. The van der Waals surface area contributed by atoms with Crippen LogP contribution in [0.25, 0.3) is 0 Å². The third-order valence-corrected chi connectivity index (χ3v) is 4.88. The molecule has 8 nitrogen and oxygen atoms in total. The van der Waals surface area contributed by atoms with Crippen LogP contribution in [0.4, 0.5) is 5.69 Å². The SMILES string of the molecule is CCCn1nc(C(=O)NC2CCN(CC(=O)Nc3ccccc3)CC2)ccc1=O. The molecule has 0 atom stereocenters. The number of carbonyl (C=O) groups excluding carboxylic acids is 2. The largest absolute Gasteiger partial charge is 0.348 e. The van der Waals surface area contributed by atoms with Crippen LogP contribution in [0.2, 0.25) is 0 Å². The van der Waals surface area contributed by atoms with Gasteiger partial charge in [-0.25, -0.2) is 4.68 Å². The van der Waals surface area contributed by atoms with Crippen molar-refractivity contribution in [1.82, 2.24) is 20.0 Å². The number of rotatable bonds is 7. The summed E-state index contributed by atoms with van der Waals surface area (Å²) in [5, 5.41) is 10.0. The summed E-state index contributed by atoms with van der Waals surface area (Å²) in [6.45, 7) is 4.24. The molecule has 1 aliphatic rings. The quantitative estimate of drug-likeness (QED) is 0.738. The topological polar surface area (TPSA) is 96.3 Å². The van der Waals surface area contributed by atoms with Crippen LogP contribution in [0.3, 0.4) is 0 Å². The normalized spacial score (nSPS) is 15.1. The number of likely N-dealkylation sites (tertiary alicyclic amines) is 1. The van der Waals surface area contributed by atoms with Crippen LogP contribution in [-0.2, 0) is 11.3 Å². The van der Waals surface area contributed by atoms with Gasteiger partial charge in [0.2, 0.25) is 5.91 Å². The maximum absolute atomic E-state index is 12.5. The van der Waals surface area contributed by atoms with Crippen molar-refractivity contribution in [3.63, 3.8) is 0 Å². The zero-order valence-corrected chi connectivity index (χ0v) is 16.6. The van der Waals surface area contributed by atoms with Crippen molar-refractivity contribution >= 4 is 17.5 Å². The number of carbonyl (C=O) groups is 2. The van der Waals surface area contributed by atoms with E-state index in [0.717, 1.165) is 38.0 Å². The smallest absolute Gasteiger partial charge is 0.271 e. The number of aryl methyl sites for hydroxylation is 1. The Kier molecular flexibility index (Phi) is 7.13. The summed E-state index contributed by atoms with van der Waals surface area (Å²) in [5.41, 5.74) is 0.838. The van der Waals surface area contributed by atoms with E-state index in [1.165, 1.54) is 16.8 Å². The molecule has 1 fully saturated rings. The lowest BCUT2D eigenvalue weighted by Crippen LogP contribution is -2.46. The molecule has 29 heavy (non-hydrogen) atoms. The standard InChI is InChI=1S/C21H27N5O3/c1-2-12-26-20(28)9-8-18(24-26)21(29)23-17-10-13-25(14-11-17)15-19(27)22-16-6-4-3-5-7-16/h3-9,17H,2,10-15H2,1H3,(H,22,27)(H,23,29). The van der Waals surface area contributed by atoms with E-state index in [0.29, 0.717) is 13.1 Å². The third-order valence-electron chi connectivity index (χ3n) is 4.88. The van der Waals surface area contributed by atoms with Crippen molar-refractivity contribution in [2.75, 3.05) is 25.0 Å². The van der Waals surface area contributed by atoms with Gasteiger partial charge in [-0.3, -0.25) is 19.3 Å². The number of hydrogen-bond acceptors (Lipinski definition) is 5. The molecule has 3 rings (SSSR count). The molecule has 0 spiro atoms. The molecule has 0 saturated carbocycles. The summed E-state index contributed by atoms with van der Waals surface area (Å²) in [6, 6.07) is 12.3. The Morgan fingerprint density at radius 2 is 1.83 bits per heavy atom. The zero-order chi connectivity index (χ0) is 20.6. The molecular weight excluding hydrogens is 370 g/mol. The van der Waals surface area contributed by atoms with E-state index in [9.17, 15) is 14.4 Å². The summed E-state index contributed by atoms with van der Waals surface area (Å²) >= 11 is 0. The maximum Gasteiger partial charge on any atom is 0.271 e. The minimum absolute atomic E-state index is 0.0317. The highest BCUT2D eigenvalue weighted by Crippen LogP contribution is 2.12. The Balaban J connectivity index is 1.46. The number of amides is 2. The summed E-state index contributed by atoms with van der Waals surface area (Å²) in [5.74, 6) is -0.309. The summed E-state index contributed by atoms with van der Waals surface area (Å²) < 4.78 is 1.32. The van der Waals surface area contributed by atoms with Gasteiger partial charge in [-0.15, -0.1) is 0 Å². The lowest BCUT2D eigenvalue weighted by atomic mass is 10.0. The molecule has 154 valence electrons. The van der Waals surface area contributed by atoms with Crippen molar-refractivity contribution in [2.45, 2.75) is 38.8 Å². The fourth-order valence-electron chi connectivity index (χ4n) is 3.36. The molecule has 0 unspecified atom stereocenters. The Morgan fingerprint density at radius 1 is 1.10 bits per heavy atom. The van der Waals surface area contributed by atoms with Crippen molar-refractivity contribution < 1.29 is 9.59 Å². The highest BCUT2D eigenvalue weighted by molar-refractivity contribution is 5.92. The summed E-state index contributed by atoms with van der Waals surface area (Å²) in [4.78, 5) is 38.5. The van der Waals surface area contributed by atoms with Crippen LogP contribution >= 0.6 is 0 Å². The third kappa shape index (κ3) is 5.99. The Labute approximate surface area is 169 Å². The molecule has 1 aliphatic heterocycles. The van der Waals surface area contributed by atoms with Crippen LogP contribution in [0.1, 0.15) is 36.7 Å². The number of nitrogens with one attached hydrogen (secondary N) is 2. The molecule has 0 bridgehead atoms. The maximum atomic E-state index is 12.5. The molecule has 1 aromatic heterocycles. The average Bonchev–Trinajstić information content (AvgIpc) is 2.72. The van der Waals surface area contributed by atoms with Crippen LogP contribution in [0.5, 0.6) is 0 Å². The Hall–Kier alpha value is -3.00. The number of benzene rings is 1. The number of nitrogens with zero attached hydrogens (tertiary/aromatic N) is 3. The first kappa shape index (κ1) is 20.7. The minimum Gasteiger partial charge on any atom is -0.348 e. The highest BCUT2D eigenvalue weighted by Gasteiger charge is 2.23. The van der Waals surface area contributed by atoms with E-state index in [-0.39, 0.29) is 29.1 Å². The molecule has 1 aromatic carbocycles. The monoisotopic (exact) mass is 397 g/mol. The zero-order valence-electron chi connectivity index (χ0n) is 16.6. The van der Waals surface area contributed by atoms with Gasteiger partial charge in [-0.2, -0.15) is 5.10 Å². The number of piperidine rings is 1. The van der Waals surface area contributed by atoms with Crippen molar-refractivity contribution in [3.05, 3.63) is 58.5 Å². The van der Waals surface area contributed by atoms with E-state index in [1.807, 2.05) is 37.3 Å². The fraction of sp³-hybridized carbons (Fsp3) is 0.429. The van der Waals surface area contributed by atoms with Crippen LogP contribution in [0, 0.1) is 0 Å². The lowest BCUT2D eigenvalue weighted by Gasteiger charge is -2.31. The predicted molar refractivity (Wildman–Crippen MR) is 111 cm³/mol. The van der Waals surface area contributed by atoms with E-state index in [1.54, 1.807) is 0 Å². The van der Waals surface area contributed by atoms with E-state index in [4.69, 9.17) is 0 Å². The van der Waals surface area contributed by atoms with Gasteiger partial charge in [0, 0.05) is 37.4 Å². The summed E-state index contributed by atoms with van der Waals surface area (Å²) in [7, 11) is 0. The number of para-hydroxylation sites is 1. The minimum atomic E-state index is -0.268.